The van der Waals surface area contributed by atoms with E-state index in [4.69, 9.17) is 27.9 Å². The molecule has 1 aliphatic rings. The van der Waals surface area contributed by atoms with Crippen LogP contribution in [-0.4, -0.2) is 51.4 Å². The molecule has 0 spiro atoms. The quantitative estimate of drug-likeness (QED) is 0.209. The summed E-state index contributed by atoms with van der Waals surface area (Å²) >= 11 is 12.8. The molecule has 0 bridgehead atoms. The predicted octanol–water partition coefficient (Wildman–Crippen LogP) is 7.81. The van der Waals surface area contributed by atoms with Crippen LogP contribution in [0.15, 0.2) is 48.8 Å². The molecule has 1 atom stereocenters. The van der Waals surface area contributed by atoms with Gasteiger partial charge in [-0.2, -0.15) is 0 Å². The average molecular weight is 583 g/mol. The standard InChI is InChI=1S/C31H33Cl2N3O4/c1-31(2,3)40-30(39)35-10-4-20(5-11-35)27(36-13-7-22-15-24(19-38)26(33)17-29(22)36)8-12-34-9-6-21-14-23(18-37)25(32)16-28(21)34/h6-7,9,13-20,27H,4-5,8,10-12H2,1-3H3. The maximum Gasteiger partial charge on any atom is 0.410 e. The third-order valence-corrected chi connectivity index (χ3v) is 8.40. The molecule has 4 aromatic rings. The maximum atomic E-state index is 12.7. The van der Waals surface area contributed by atoms with E-state index in [9.17, 15) is 14.4 Å². The SMILES string of the molecule is CC(C)(C)OC(=O)N1CCC(C(CCn2ccc3cc(C=O)c(Cl)cc32)n2ccc3cc(C=O)c(Cl)cc32)CC1. The van der Waals surface area contributed by atoms with Gasteiger partial charge in [-0.25, -0.2) is 4.79 Å². The normalized spacial score (nSPS) is 15.5. The number of amides is 1. The molecular formula is C31H33Cl2N3O4. The molecule has 40 heavy (non-hydrogen) atoms. The highest BCUT2D eigenvalue weighted by Gasteiger charge is 2.32. The van der Waals surface area contributed by atoms with E-state index in [0.717, 1.165) is 60.2 Å². The Labute approximate surface area is 243 Å². The second kappa shape index (κ2) is 11.3. The first-order valence-corrected chi connectivity index (χ1v) is 14.3. The number of aryl methyl sites for hydroxylation is 1. The van der Waals surface area contributed by atoms with Crippen molar-refractivity contribution in [2.24, 2.45) is 5.92 Å². The van der Waals surface area contributed by atoms with E-state index in [1.165, 1.54) is 0 Å². The fourth-order valence-corrected chi connectivity index (χ4v) is 6.16. The van der Waals surface area contributed by atoms with Gasteiger partial charge in [-0.15, -0.1) is 0 Å². The molecule has 2 aromatic carbocycles. The van der Waals surface area contributed by atoms with Crippen molar-refractivity contribution >= 4 is 63.7 Å². The number of aromatic nitrogens is 2. The van der Waals surface area contributed by atoms with Crippen molar-refractivity contribution in [3.05, 3.63) is 70.0 Å². The molecule has 2 aromatic heterocycles. The molecule has 0 aliphatic carbocycles. The number of halogens is 2. The van der Waals surface area contributed by atoms with Gasteiger partial charge in [0, 0.05) is 71.0 Å². The summed E-state index contributed by atoms with van der Waals surface area (Å²) < 4.78 is 10.0. The van der Waals surface area contributed by atoms with Gasteiger partial charge >= 0.3 is 6.09 Å². The highest BCUT2D eigenvalue weighted by molar-refractivity contribution is 6.34. The van der Waals surface area contributed by atoms with Crippen molar-refractivity contribution in [3.63, 3.8) is 0 Å². The lowest BCUT2D eigenvalue weighted by Crippen LogP contribution is -2.43. The maximum absolute atomic E-state index is 12.7. The van der Waals surface area contributed by atoms with Crippen LogP contribution in [0.3, 0.4) is 0 Å². The first-order chi connectivity index (χ1) is 19.1. The number of aldehydes is 2. The number of carbonyl (C=O) groups is 3. The summed E-state index contributed by atoms with van der Waals surface area (Å²) in [5.74, 6) is 0.311. The molecule has 0 N–H and O–H groups in total. The smallest absolute Gasteiger partial charge is 0.410 e. The number of ether oxygens (including phenoxy) is 1. The van der Waals surface area contributed by atoms with Crippen LogP contribution in [0.5, 0.6) is 0 Å². The van der Waals surface area contributed by atoms with E-state index in [1.807, 2.05) is 63.4 Å². The van der Waals surface area contributed by atoms with Crippen LogP contribution in [0.25, 0.3) is 21.8 Å². The zero-order valence-corrected chi connectivity index (χ0v) is 24.4. The van der Waals surface area contributed by atoms with E-state index in [-0.39, 0.29) is 12.1 Å². The van der Waals surface area contributed by atoms with E-state index in [1.54, 1.807) is 4.90 Å². The fourth-order valence-electron chi connectivity index (χ4n) is 5.76. The Morgan fingerprint density at radius 1 is 0.950 bits per heavy atom. The first-order valence-electron chi connectivity index (χ1n) is 13.5. The van der Waals surface area contributed by atoms with Crippen LogP contribution in [0.4, 0.5) is 4.79 Å². The van der Waals surface area contributed by atoms with E-state index < -0.39 is 5.60 Å². The Kier molecular flexibility index (Phi) is 7.98. The van der Waals surface area contributed by atoms with Gasteiger partial charge in [0.2, 0.25) is 0 Å². The summed E-state index contributed by atoms with van der Waals surface area (Å²) in [4.78, 5) is 37.3. The Morgan fingerprint density at radius 2 is 1.52 bits per heavy atom. The van der Waals surface area contributed by atoms with Crippen LogP contribution in [-0.2, 0) is 11.3 Å². The number of benzene rings is 2. The molecule has 7 nitrogen and oxygen atoms in total. The molecule has 210 valence electrons. The molecule has 5 rings (SSSR count). The molecule has 1 saturated heterocycles. The minimum absolute atomic E-state index is 0.124. The van der Waals surface area contributed by atoms with E-state index in [2.05, 4.69) is 15.3 Å². The molecule has 0 radical (unpaired) electrons. The minimum atomic E-state index is -0.533. The predicted molar refractivity (Wildman–Crippen MR) is 159 cm³/mol. The Hall–Kier alpha value is -3.29. The van der Waals surface area contributed by atoms with Gasteiger partial charge in [-0.3, -0.25) is 9.59 Å². The molecule has 0 saturated carbocycles. The number of hydrogen-bond donors (Lipinski definition) is 0. The molecule has 1 unspecified atom stereocenters. The van der Waals surface area contributed by atoms with Crippen LogP contribution in [0.1, 0.15) is 66.8 Å². The summed E-state index contributed by atoms with van der Waals surface area (Å²) in [7, 11) is 0. The van der Waals surface area contributed by atoms with E-state index >= 15 is 0 Å². The molecule has 1 aliphatic heterocycles. The molecular weight excluding hydrogens is 549 g/mol. The number of fused-ring (bicyclic) bond motifs is 2. The van der Waals surface area contributed by atoms with Crippen molar-refractivity contribution in [2.45, 2.75) is 58.2 Å². The topological polar surface area (TPSA) is 73.5 Å². The third-order valence-electron chi connectivity index (χ3n) is 7.74. The van der Waals surface area contributed by atoms with Crippen molar-refractivity contribution in [3.8, 4) is 0 Å². The molecule has 1 fully saturated rings. The molecule has 3 heterocycles. The van der Waals surface area contributed by atoms with E-state index in [0.29, 0.717) is 40.2 Å². The Bertz CT molecular complexity index is 1570. The lowest BCUT2D eigenvalue weighted by atomic mass is 9.87. The summed E-state index contributed by atoms with van der Waals surface area (Å²) in [6.45, 7) is 7.62. The van der Waals surface area contributed by atoms with Crippen molar-refractivity contribution < 1.29 is 19.1 Å². The number of likely N-dealkylation sites (tertiary alicyclic amines) is 1. The number of piperidine rings is 1. The van der Waals surface area contributed by atoms with Crippen LogP contribution in [0, 0.1) is 5.92 Å². The van der Waals surface area contributed by atoms with Crippen molar-refractivity contribution in [2.75, 3.05) is 13.1 Å². The summed E-state index contributed by atoms with van der Waals surface area (Å²) in [5.41, 5.74) is 2.37. The van der Waals surface area contributed by atoms with Crippen molar-refractivity contribution in [1.82, 2.24) is 14.0 Å². The van der Waals surface area contributed by atoms with Gasteiger partial charge in [-0.05, 0) is 82.3 Å². The first kappa shape index (κ1) is 28.2. The van der Waals surface area contributed by atoms with Crippen LogP contribution in [0.2, 0.25) is 10.0 Å². The number of hydrogen-bond acceptors (Lipinski definition) is 4. The monoisotopic (exact) mass is 581 g/mol. The largest absolute Gasteiger partial charge is 0.444 e. The minimum Gasteiger partial charge on any atom is -0.444 e. The summed E-state index contributed by atoms with van der Waals surface area (Å²) in [6, 6.07) is 11.5. The lowest BCUT2D eigenvalue weighted by Gasteiger charge is -2.37. The second-order valence-corrected chi connectivity index (χ2v) is 12.3. The number of rotatable bonds is 7. The van der Waals surface area contributed by atoms with Crippen LogP contribution < -0.4 is 0 Å². The van der Waals surface area contributed by atoms with Gasteiger partial charge in [0.1, 0.15) is 5.60 Å². The molecule has 1 amide bonds. The third kappa shape index (κ3) is 5.77. The summed E-state index contributed by atoms with van der Waals surface area (Å²) in [6.07, 6.45) is 7.88. The van der Waals surface area contributed by atoms with Gasteiger partial charge in [0.15, 0.2) is 12.6 Å². The zero-order chi connectivity index (χ0) is 28.6. The Balaban J connectivity index is 1.43. The average Bonchev–Trinajstić information content (AvgIpc) is 3.50. The highest BCUT2D eigenvalue weighted by atomic mass is 35.5. The molecule has 9 heteroatoms. The zero-order valence-electron chi connectivity index (χ0n) is 22.9. The van der Waals surface area contributed by atoms with Gasteiger partial charge in [-0.1, -0.05) is 23.2 Å². The lowest BCUT2D eigenvalue weighted by molar-refractivity contribution is 0.0160. The van der Waals surface area contributed by atoms with Gasteiger partial charge in [0.05, 0.1) is 10.0 Å². The van der Waals surface area contributed by atoms with Gasteiger partial charge in [0.25, 0.3) is 0 Å². The van der Waals surface area contributed by atoms with Crippen molar-refractivity contribution in [1.29, 1.82) is 0 Å². The number of carbonyl (C=O) groups excluding carboxylic acids is 3. The summed E-state index contributed by atoms with van der Waals surface area (Å²) in [5, 5.41) is 2.79. The second-order valence-electron chi connectivity index (χ2n) is 11.5. The van der Waals surface area contributed by atoms with Crippen LogP contribution >= 0.6 is 23.2 Å². The Morgan fingerprint density at radius 3 is 2.12 bits per heavy atom. The fraction of sp³-hybridized carbons (Fsp3) is 0.387. The van der Waals surface area contributed by atoms with Gasteiger partial charge < -0.3 is 18.8 Å². The number of nitrogens with zero attached hydrogens (tertiary/aromatic N) is 3. The highest BCUT2D eigenvalue weighted by Crippen LogP contribution is 2.37.